The van der Waals surface area contributed by atoms with Gasteiger partial charge in [-0.1, -0.05) is 30.3 Å². The summed E-state index contributed by atoms with van der Waals surface area (Å²) in [7, 11) is 1.67. The second kappa shape index (κ2) is 7.75. The molecule has 3 rings (SSSR count). The fourth-order valence-corrected chi connectivity index (χ4v) is 2.60. The maximum Gasteiger partial charge on any atom is 0.137 e. The standard InChI is InChI=1S/C19H21N3O2/c1-3-24-12-16-5-4-15(14-6-8-18(23-2)9-7-14)10-17(16)11-19-20-13-21-22-19/h4-10,13H,3,11-12H2,1-2H3,(H,20,21,22). The third kappa shape index (κ3) is 3.81. The summed E-state index contributed by atoms with van der Waals surface area (Å²) in [6, 6.07) is 14.5. The van der Waals surface area contributed by atoms with Crippen molar-refractivity contribution in [3.8, 4) is 16.9 Å². The second-order valence-electron chi connectivity index (χ2n) is 5.46. The van der Waals surface area contributed by atoms with E-state index < -0.39 is 0 Å². The molecule has 0 aliphatic rings. The molecule has 1 heterocycles. The predicted octanol–water partition coefficient (Wildman–Crippen LogP) is 3.61. The van der Waals surface area contributed by atoms with Gasteiger partial charge in [-0.15, -0.1) is 0 Å². The lowest BCUT2D eigenvalue weighted by Gasteiger charge is -2.12. The van der Waals surface area contributed by atoms with Gasteiger partial charge in [0.15, 0.2) is 0 Å². The van der Waals surface area contributed by atoms with E-state index in [4.69, 9.17) is 9.47 Å². The van der Waals surface area contributed by atoms with Crippen molar-refractivity contribution in [1.82, 2.24) is 15.2 Å². The summed E-state index contributed by atoms with van der Waals surface area (Å²) in [5.41, 5.74) is 4.67. The number of aromatic amines is 1. The molecule has 0 amide bonds. The Morgan fingerprint density at radius 1 is 1.00 bits per heavy atom. The molecule has 5 heteroatoms. The zero-order valence-corrected chi connectivity index (χ0v) is 14.0. The molecule has 0 aliphatic carbocycles. The molecule has 0 saturated heterocycles. The van der Waals surface area contributed by atoms with E-state index in [2.05, 4.69) is 45.5 Å². The van der Waals surface area contributed by atoms with E-state index >= 15 is 0 Å². The first-order valence-electron chi connectivity index (χ1n) is 7.98. The zero-order chi connectivity index (χ0) is 16.8. The molecular weight excluding hydrogens is 302 g/mol. The number of rotatable bonds is 7. The number of methoxy groups -OCH3 is 1. The number of H-pyrrole nitrogens is 1. The van der Waals surface area contributed by atoms with Gasteiger partial charge in [0.2, 0.25) is 0 Å². The third-order valence-corrected chi connectivity index (χ3v) is 3.91. The van der Waals surface area contributed by atoms with E-state index in [1.54, 1.807) is 7.11 Å². The van der Waals surface area contributed by atoms with Gasteiger partial charge in [-0.25, -0.2) is 4.98 Å². The first-order valence-corrected chi connectivity index (χ1v) is 7.98. The molecule has 0 bridgehead atoms. The summed E-state index contributed by atoms with van der Waals surface area (Å²) in [4.78, 5) is 4.23. The molecule has 0 radical (unpaired) electrons. The van der Waals surface area contributed by atoms with Crippen molar-refractivity contribution >= 4 is 0 Å². The lowest BCUT2D eigenvalue weighted by Crippen LogP contribution is -2.01. The first kappa shape index (κ1) is 16.2. The van der Waals surface area contributed by atoms with Gasteiger partial charge in [-0.05, 0) is 41.3 Å². The fraction of sp³-hybridized carbons (Fsp3) is 0.263. The Morgan fingerprint density at radius 2 is 1.79 bits per heavy atom. The molecule has 124 valence electrons. The summed E-state index contributed by atoms with van der Waals surface area (Å²) in [6.07, 6.45) is 2.23. The minimum absolute atomic E-state index is 0.600. The van der Waals surface area contributed by atoms with E-state index in [-0.39, 0.29) is 0 Å². The molecule has 0 saturated carbocycles. The number of ether oxygens (including phenoxy) is 2. The highest BCUT2D eigenvalue weighted by atomic mass is 16.5. The summed E-state index contributed by atoms with van der Waals surface area (Å²) < 4.78 is 10.8. The van der Waals surface area contributed by atoms with E-state index in [1.165, 1.54) is 17.5 Å². The minimum atomic E-state index is 0.600. The van der Waals surface area contributed by atoms with Crippen molar-refractivity contribution < 1.29 is 9.47 Å². The van der Waals surface area contributed by atoms with Crippen LogP contribution in [0.15, 0.2) is 48.8 Å². The van der Waals surface area contributed by atoms with Crippen molar-refractivity contribution in [1.29, 1.82) is 0 Å². The Balaban J connectivity index is 1.92. The van der Waals surface area contributed by atoms with Gasteiger partial charge in [-0.2, -0.15) is 5.10 Å². The highest BCUT2D eigenvalue weighted by Crippen LogP contribution is 2.26. The number of hydrogen-bond acceptors (Lipinski definition) is 4. The fourth-order valence-electron chi connectivity index (χ4n) is 2.60. The summed E-state index contributed by atoms with van der Waals surface area (Å²) >= 11 is 0. The number of hydrogen-bond donors (Lipinski definition) is 1. The molecule has 3 aromatic rings. The van der Waals surface area contributed by atoms with Crippen LogP contribution in [0.4, 0.5) is 0 Å². The monoisotopic (exact) mass is 323 g/mol. The molecule has 0 aliphatic heterocycles. The highest BCUT2D eigenvalue weighted by Gasteiger charge is 2.09. The van der Waals surface area contributed by atoms with Crippen molar-refractivity contribution in [3.05, 3.63) is 65.7 Å². The quantitative estimate of drug-likeness (QED) is 0.721. The second-order valence-corrected chi connectivity index (χ2v) is 5.46. The van der Waals surface area contributed by atoms with Crippen LogP contribution in [0.5, 0.6) is 5.75 Å². The molecular formula is C19H21N3O2. The Hall–Kier alpha value is -2.66. The average Bonchev–Trinajstić information content (AvgIpc) is 3.14. The van der Waals surface area contributed by atoms with Crippen molar-refractivity contribution in [2.24, 2.45) is 0 Å². The zero-order valence-electron chi connectivity index (χ0n) is 14.0. The maximum atomic E-state index is 5.59. The minimum Gasteiger partial charge on any atom is -0.497 e. The van der Waals surface area contributed by atoms with Gasteiger partial charge in [-0.3, -0.25) is 5.10 Å². The molecule has 1 aromatic heterocycles. The van der Waals surface area contributed by atoms with Gasteiger partial charge in [0.1, 0.15) is 17.9 Å². The maximum absolute atomic E-state index is 5.59. The lowest BCUT2D eigenvalue weighted by molar-refractivity contribution is 0.133. The molecule has 0 fully saturated rings. The Kier molecular flexibility index (Phi) is 5.23. The van der Waals surface area contributed by atoms with Crippen LogP contribution in [-0.4, -0.2) is 28.9 Å². The smallest absolute Gasteiger partial charge is 0.137 e. The van der Waals surface area contributed by atoms with E-state index in [1.807, 2.05) is 19.1 Å². The molecule has 1 N–H and O–H groups in total. The van der Waals surface area contributed by atoms with Gasteiger partial charge >= 0.3 is 0 Å². The van der Waals surface area contributed by atoms with Crippen LogP contribution in [0.25, 0.3) is 11.1 Å². The van der Waals surface area contributed by atoms with Crippen molar-refractivity contribution in [3.63, 3.8) is 0 Å². The molecule has 0 spiro atoms. The van der Waals surface area contributed by atoms with Gasteiger partial charge in [0.25, 0.3) is 0 Å². The molecule has 0 unspecified atom stereocenters. The van der Waals surface area contributed by atoms with Crippen LogP contribution in [0.1, 0.15) is 23.9 Å². The van der Waals surface area contributed by atoms with Crippen molar-refractivity contribution in [2.45, 2.75) is 20.0 Å². The van der Waals surface area contributed by atoms with Crippen LogP contribution >= 0.6 is 0 Å². The van der Waals surface area contributed by atoms with Gasteiger partial charge in [0, 0.05) is 13.0 Å². The summed E-state index contributed by atoms with van der Waals surface area (Å²) in [6.45, 7) is 3.30. The summed E-state index contributed by atoms with van der Waals surface area (Å²) in [5, 5.41) is 6.85. The van der Waals surface area contributed by atoms with E-state index in [9.17, 15) is 0 Å². The normalized spacial score (nSPS) is 10.8. The Morgan fingerprint density at radius 3 is 2.46 bits per heavy atom. The number of benzene rings is 2. The third-order valence-electron chi connectivity index (χ3n) is 3.91. The van der Waals surface area contributed by atoms with E-state index in [0.717, 1.165) is 22.7 Å². The van der Waals surface area contributed by atoms with E-state index in [0.29, 0.717) is 19.6 Å². The number of nitrogens with one attached hydrogen (secondary N) is 1. The van der Waals surface area contributed by atoms with Crippen LogP contribution in [0.2, 0.25) is 0 Å². The SMILES string of the molecule is CCOCc1ccc(-c2ccc(OC)cc2)cc1Cc1ncn[nH]1. The lowest BCUT2D eigenvalue weighted by atomic mass is 9.97. The molecule has 5 nitrogen and oxygen atoms in total. The first-order chi connectivity index (χ1) is 11.8. The number of aromatic nitrogens is 3. The average molecular weight is 323 g/mol. The molecule has 0 atom stereocenters. The summed E-state index contributed by atoms with van der Waals surface area (Å²) in [5.74, 6) is 1.70. The van der Waals surface area contributed by atoms with Crippen molar-refractivity contribution in [2.75, 3.05) is 13.7 Å². The van der Waals surface area contributed by atoms with Crippen LogP contribution in [0, 0.1) is 0 Å². The van der Waals surface area contributed by atoms with Gasteiger partial charge in [0.05, 0.1) is 13.7 Å². The van der Waals surface area contributed by atoms with Crippen LogP contribution in [-0.2, 0) is 17.8 Å². The topological polar surface area (TPSA) is 60.0 Å². The highest BCUT2D eigenvalue weighted by molar-refractivity contribution is 5.65. The predicted molar refractivity (Wildman–Crippen MR) is 92.9 cm³/mol. The van der Waals surface area contributed by atoms with Crippen LogP contribution in [0.3, 0.4) is 0 Å². The van der Waals surface area contributed by atoms with Gasteiger partial charge < -0.3 is 9.47 Å². The molecule has 24 heavy (non-hydrogen) atoms. The Labute approximate surface area is 141 Å². The Bertz CT molecular complexity index is 768. The number of nitrogens with zero attached hydrogens (tertiary/aromatic N) is 2. The van der Waals surface area contributed by atoms with Crippen LogP contribution < -0.4 is 4.74 Å². The molecule has 2 aromatic carbocycles. The largest absolute Gasteiger partial charge is 0.497 e.